The van der Waals surface area contributed by atoms with E-state index in [-0.39, 0.29) is 17.5 Å². The molecule has 1 saturated carbocycles. The summed E-state index contributed by atoms with van der Waals surface area (Å²) in [7, 11) is 0. The number of carbonyl (C=O) groups excluding carboxylic acids is 1. The van der Waals surface area contributed by atoms with Crippen molar-refractivity contribution < 1.29 is 9.53 Å². The number of esters is 1. The fourth-order valence-electron chi connectivity index (χ4n) is 1.85. The highest BCUT2D eigenvalue weighted by Gasteiger charge is 2.56. The molecule has 0 aromatic rings. The molecule has 60 valence electrons. The van der Waals surface area contributed by atoms with Gasteiger partial charge in [0.15, 0.2) is 0 Å². The summed E-state index contributed by atoms with van der Waals surface area (Å²) in [6.07, 6.45) is 0.947. The van der Waals surface area contributed by atoms with Crippen LogP contribution >= 0.6 is 0 Å². The molecule has 0 amide bonds. The molecule has 0 aromatic carbocycles. The van der Waals surface area contributed by atoms with Crippen molar-refractivity contribution in [2.75, 3.05) is 0 Å². The Morgan fingerprint density at radius 1 is 1.64 bits per heavy atom. The minimum absolute atomic E-state index is 0.0445. The van der Waals surface area contributed by atoms with E-state index in [9.17, 15) is 4.79 Å². The summed E-state index contributed by atoms with van der Waals surface area (Å²) >= 11 is 0. The van der Waals surface area contributed by atoms with Gasteiger partial charge in [-0.15, -0.1) is 0 Å². The lowest BCUT2D eigenvalue weighted by molar-refractivity contribution is -0.164. The average molecular weight is 152 g/mol. The third-order valence-electron chi connectivity index (χ3n) is 2.51. The van der Waals surface area contributed by atoms with E-state index in [0.717, 1.165) is 12.0 Å². The number of carbonyl (C=O) groups is 1. The normalized spacial score (nSPS) is 39.5. The lowest BCUT2D eigenvalue weighted by Crippen LogP contribution is -2.33. The van der Waals surface area contributed by atoms with Crippen LogP contribution in [0.1, 0.15) is 20.3 Å². The molecule has 0 unspecified atom stereocenters. The highest BCUT2D eigenvalue weighted by Crippen LogP contribution is 2.53. The average Bonchev–Trinajstić information content (AvgIpc) is 2.38. The van der Waals surface area contributed by atoms with Crippen LogP contribution in [0, 0.1) is 11.8 Å². The summed E-state index contributed by atoms with van der Waals surface area (Å²) in [4.78, 5) is 11.2. The van der Waals surface area contributed by atoms with E-state index in [1.165, 1.54) is 0 Å². The van der Waals surface area contributed by atoms with Crippen molar-refractivity contribution in [2.24, 2.45) is 11.8 Å². The quantitative estimate of drug-likeness (QED) is 0.388. The van der Waals surface area contributed by atoms with E-state index < -0.39 is 0 Å². The minimum atomic E-state index is -0.266. The molecule has 0 bridgehead atoms. The zero-order valence-electron chi connectivity index (χ0n) is 6.89. The van der Waals surface area contributed by atoms with Crippen LogP contribution in [0.3, 0.4) is 0 Å². The van der Waals surface area contributed by atoms with Crippen LogP contribution in [0.15, 0.2) is 12.2 Å². The first-order valence-electron chi connectivity index (χ1n) is 3.93. The van der Waals surface area contributed by atoms with Gasteiger partial charge in [-0.3, -0.25) is 4.79 Å². The van der Waals surface area contributed by atoms with Gasteiger partial charge in [-0.05, 0) is 20.3 Å². The van der Waals surface area contributed by atoms with Crippen LogP contribution in [0.25, 0.3) is 0 Å². The van der Waals surface area contributed by atoms with Crippen molar-refractivity contribution in [1.82, 2.24) is 0 Å². The van der Waals surface area contributed by atoms with Crippen molar-refractivity contribution in [2.45, 2.75) is 25.9 Å². The Labute approximate surface area is 66.2 Å². The predicted octanol–water partition coefficient (Wildman–Crippen LogP) is 1.51. The van der Waals surface area contributed by atoms with Gasteiger partial charge in [-0.1, -0.05) is 12.2 Å². The van der Waals surface area contributed by atoms with E-state index in [2.05, 4.69) is 6.58 Å². The molecule has 2 heteroatoms. The van der Waals surface area contributed by atoms with Gasteiger partial charge in [-0.25, -0.2) is 0 Å². The van der Waals surface area contributed by atoms with E-state index in [4.69, 9.17) is 4.74 Å². The molecule has 11 heavy (non-hydrogen) atoms. The maximum Gasteiger partial charge on any atom is 0.314 e. The van der Waals surface area contributed by atoms with Crippen molar-refractivity contribution in [3.8, 4) is 0 Å². The van der Waals surface area contributed by atoms with E-state index >= 15 is 0 Å². The summed E-state index contributed by atoms with van der Waals surface area (Å²) in [6, 6.07) is 0. The van der Waals surface area contributed by atoms with Gasteiger partial charge in [0.2, 0.25) is 0 Å². The summed E-state index contributed by atoms with van der Waals surface area (Å²) in [6.45, 7) is 7.73. The summed E-state index contributed by atoms with van der Waals surface area (Å²) in [5.74, 6) is 0.394. The van der Waals surface area contributed by atoms with Crippen molar-refractivity contribution in [1.29, 1.82) is 0 Å². The van der Waals surface area contributed by atoms with Crippen LogP contribution in [0.2, 0.25) is 0 Å². The second-order valence-corrected chi connectivity index (χ2v) is 4.04. The monoisotopic (exact) mass is 152 g/mol. The lowest BCUT2D eigenvalue weighted by Gasteiger charge is -2.28. The van der Waals surface area contributed by atoms with Gasteiger partial charge < -0.3 is 4.74 Å². The predicted molar refractivity (Wildman–Crippen MR) is 40.9 cm³/mol. The Bertz CT molecular complexity index is 240. The summed E-state index contributed by atoms with van der Waals surface area (Å²) in [5.41, 5.74) is 0.804. The number of rotatable bonds is 0. The van der Waals surface area contributed by atoms with Gasteiger partial charge in [0, 0.05) is 5.92 Å². The first kappa shape index (κ1) is 6.89. The standard InChI is InChI=1S/C9H12O2/c1-5-6-4-9(2,3)11-8(10)7(5)6/h6-7H,1,4H2,2-3H3/t6-,7+/m0/s1. The third-order valence-corrected chi connectivity index (χ3v) is 2.51. The van der Waals surface area contributed by atoms with Crippen LogP contribution in [-0.2, 0) is 9.53 Å². The van der Waals surface area contributed by atoms with Crippen molar-refractivity contribution in [3.63, 3.8) is 0 Å². The maximum absolute atomic E-state index is 11.2. The highest BCUT2D eigenvalue weighted by molar-refractivity contribution is 5.83. The number of cyclic esters (lactones) is 1. The van der Waals surface area contributed by atoms with Crippen molar-refractivity contribution in [3.05, 3.63) is 12.2 Å². The first-order valence-corrected chi connectivity index (χ1v) is 3.93. The lowest BCUT2D eigenvalue weighted by atomic mass is 9.98. The van der Waals surface area contributed by atoms with Gasteiger partial charge in [0.1, 0.15) is 5.60 Å². The molecule has 0 N–H and O–H groups in total. The molecule has 2 fully saturated rings. The molecule has 1 aliphatic heterocycles. The molecule has 2 rings (SSSR count). The number of fused-ring (bicyclic) bond motifs is 1. The summed E-state index contributed by atoms with van der Waals surface area (Å²) in [5, 5.41) is 0. The SMILES string of the molecule is C=C1[C@H]2C(=O)OC(C)(C)C[C@@H]12. The van der Waals surface area contributed by atoms with Crippen LogP contribution in [0.5, 0.6) is 0 Å². The van der Waals surface area contributed by atoms with Crippen LogP contribution in [0.4, 0.5) is 0 Å². The van der Waals surface area contributed by atoms with Gasteiger partial charge >= 0.3 is 5.97 Å². The third kappa shape index (κ3) is 0.889. The molecule has 2 nitrogen and oxygen atoms in total. The van der Waals surface area contributed by atoms with Gasteiger partial charge in [0.25, 0.3) is 0 Å². The van der Waals surface area contributed by atoms with Gasteiger partial charge in [-0.2, -0.15) is 0 Å². The molecule has 0 aromatic heterocycles. The zero-order chi connectivity index (χ0) is 8.22. The van der Waals surface area contributed by atoms with Crippen LogP contribution < -0.4 is 0 Å². The van der Waals surface area contributed by atoms with E-state index in [1.807, 2.05) is 13.8 Å². The van der Waals surface area contributed by atoms with E-state index in [0.29, 0.717) is 5.92 Å². The topological polar surface area (TPSA) is 26.3 Å². The second-order valence-electron chi connectivity index (χ2n) is 4.04. The zero-order valence-corrected chi connectivity index (χ0v) is 6.89. The molecular formula is C9H12O2. The molecule has 0 radical (unpaired) electrons. The number of ether oxygens (including phenoxy) is 1. The fraction of sp³-hybridized carbons (Fsp3) is 0.667. The van der Waals surface area contributed by atoms with Crippen molar-refractivity contribution >= 4 is 5.97 Å². The minimum Gasteiger partial charge on any atom is -0.459 e. The molecule has 1 aliphatic carbocycles. The molecular weight excluding hydrogens is 140 g/mol. The number of hydrogen-bond acceptors (Lipinski definition) is 2. The highest BCUT2D eigenvalue weighted by atomic mass is 16.6. The van der Waals surface area contributed by atoms with Crippen LogP contribution in [-0.4, -0.2) is 11.6 Å². The smallest absolute Gasteiger partial charge is 0.314 e. The Morgan fingerprint density at radius 2 is 2.27 bits per heavy atom. The fourth-order valence-corrected chi connectivity index (χ4v) is 1.85. The number of hydrogen-bond donors (Lipinski definition) is 0. The molecule has 1 saturated heterocycles. The maximum atomic E-state index is 11.2. The molecule has 2 aliphatic rings. The molecule has 2 atom stereocenters. The van der Waals surface area contributed by atoms with Gasteiger partial charge in [0.05, 0.1) is 5.92 Å². The summed E-state index contributed by atoms with van der Waals surface area (Å²) < 4.78 is 5.20. The Morgan fingerprint density at radius 3 is 2.82 bits per heavy atom. The van der Waals surface area contributed by atoms with E-state index in [1.54, 1.807) is 0 Å². The Kier molecular flexibility index (Phi) is 1.05. The largest absolute Gasteiger partial charge is 0.459 e. The molecule has 0 spiro atoms. The molecule has 1 heterocycles. The Hall–Kier alpha value is -0.790. The Balaban J connectivity index is 2.21. The second kappa shape index (κ2) is 1.68. The first-order chi connectivity index (χ1) is 5.01.